The van der Waals surface area contributed by atoms with Gasteiger partial charge in [0.05, 0.1) is 20.4 Å². The van der Waals surface area contributed by atoms with Gasteiger partial charge in [0.2, 0.25) is 11.8 Å². The van der Waals surface area contributed by atoms with Crippen molar-refractivity contribution in [3.8, 4) is 11.8 Å². The SMILES string of the molecule is COc1cnc(C(O)CCC(C)C)c(OC)n1. The topological polar surface area (TPSA) is 64.5 Å². The van der Waals surface area contributed by atoms with Gasteiger partial charge in [-0.05, 0) is 18.8 Å². The lowest BCUT2D eigenvalue weighted by atomic mass is 10.0. The molecule has 17 heavy (non-hydrogen) atoms. The number of ether oxygens (including phenoxy) is 2. The van der Waals surface area contributed by atoms with E-state index in [0.717, 1.165) is 6.42 Å². The number of hydrogen-bond acceptors (Lipinski definition) is 5. The number of hydrogen-bond donors (Lipinski definition) is 1. The highest BCUT2D eigenvalue weighted by molar-refractivity contribution is 5.24. The molecule has 0 amide bonds. The van der Waals surface area contributed by atoms with Gasteiger partial charge in [0.25, 0.3) is 0 Å². The number of methoxy groups -OCH3 is 2. The lowest BCUT2D eigenvalue weighted by Crippen LogP contribution is -2.07. The zero-order valence-corrected chi connectivity index (χ0v) is 10.8. The standard InChI is InChI=1S/C12H20N2O3/c1-8(2)5-6-9(15)11-12(17-4)14-10(16-3)7-13-11/h7-9,15H,5-6H2,1-4H3. The monoisotopic (exact) mass is 240 g/mol. The summed E-state index contributed by atoms with van der Waals surface area (Å²) in [5, 5.41) is 10.0. The molecule has 1 atom stereocenters. The fraction of sp³-hybridized carbons (Fsp3) is 0.667. The molecule has 96 valence electrons. The van der Waals surface area contributed by atoms with Crippen molar-refractivity contribution in [1.82, 2.24) is 9.97 Å². The van der Waals surface area contributed by atoms with Crippen molar-refractivity contribution in [2.75, 3.05) is 14.2 Å². The van der Waals surface area contributed by atoms with E-state index in [9.17, 15) is 5.11 Å². The van der Waals surface area contributed by atoms with Crippen molar-refractivity contribution < 1.29 is 14.6 Å². The Labute approximate surface area is 102 Å². The van der Waals surface area contributed by atoms with Gasteiger partial charge < -0.3 is 14.6 Å². The first-order valence-corrected chi connectivity index (χ1v) is 5.71. The van der Waals surface area contributed by atoms with Gasteiger partial charge in [0.1, 0.15) is 11.8 Å². The van der Waals surface area contributed by atoms with Crippen molar-refractivity contribution in [2.24, 2.45) is 5.92 Å². The molecule has 1 heterocycles. The Morgan fingerprint density at radius 1 is 1.24 bits per heavy atom. The Morgan fingerprint density at radius 2 is 1.94 bits per heavy atom. The third kappa shape index (κ3) is 3.85. The molecule has 1 aromatic rings. The van der Waals surface area contributed by atoms with Gasteiger partial charge in [0.15, 0.2) is 0 Å². The molecule has 0 aliphatic heterocycles. The largest absolute Gasteiger partial charge is 0.480 e. The second kappa shape index (κ2) is 6.39. The molecule has 1 rings (SSSR count). The normalized spacial score (nSPS) is 12.6. The Bertz CT molecular complexity index is 356. The Kier molecular flexibility index (Phi) is 5.15. The molecular formula is C12H20N2O3. The van der Waals surface area contributed by atoms with Crippen LogP contribution in [0.5, 0.6) is 11.8 Å². The summed E-state index contributed by atoms with van der Waals surface area (Å²) >= 11 is 0. The van der Waals surface area contributed by atoms with Gasteiger partial charge in [-0.1, -0.05) is 13.8 Å². The summed E-state index contributed by atoms with van der Waals surface area (Å²) in [7, 11) is 3.01. The molecule has 5 heteroatoms. The number of aliphatic hydroxyl groups excluding tert-OH is 1. The molecule has 1 aromatic heterocycles. The molecule has 0 saturated carbocycles. The van der Waals surface area contributed by atoms with Gasteiger partial charge in [-0.2, -0.15) is 4.98 Å². The molecule has 0 saturated heterocycles. The van der Waals surface area contributed by atoms with Crippen LogP contribution in [0.4, 0.5) is 0 Å². The fourth-order valence-corrected chi connectivity index (χ4v) is 1.47. The summed E-state index contributed by atoms with van der Waals surface area (Å²) in [5.74, 6) is 1.24. The van der Waals surface area contributed by atoms with Crippen molar-refractivity contribution >= 4 is 0 Å². The zero-order valence-electron chi connectivity index (χ0n) is 10.8. The second-order valence-corrected chi connectivity index (χ2v) is 4.29. The maximum Gasteiger partial charge on any atom is 0.241 e. The highest BCUT2D eigenvalue weighted by Gasteiger charge is 2.17. The Hall–Kier alpha value is -1.36. The molecule has 0 radical (unpaired) electrons. The van der Waals surface area contributed by atoms with Crippen LogP contribution in [0.1, 0.15) is 38.5 Å². The minimum absolute atomic E-state index is 0.320. The summed E-state index contributed by atoms with van der Waals surface area (Å²) in [6, 6.07) is 0. The minimum atomic E-state index is -0.647. The lowest BCUT2D eigenvalue weighted by Gasteiger charge is -2.14. The molecule has 5 nitrogen and oxygen atoms in total. The van der Waals surface area contributed by atoms with E-state index in [-0.39, 0.29) is 0 Å². The van der Waals surface area contributed by atoms with Crippen LogP contribution in [0.15, 0.2) is 6.20 Å². The molecule has 0 spiro atoms. The van der Waals surface area contributed by atoms with Gasteiger partial charge in [-0.15, -0.1) is 0 Å². The van der Waals surface area contributed by atoms with E-state index in [2.05, 4.69) is 23.8 Å². The van der Waals surface area contributed by atoms with Crippen LogP contribution in [0, 0.1) is 5.92 Å². The smallest absolute Gasteiger partial charge is 0.241 e. The zero-order chi connectivity index (χ0) is 12.8. The highest BCUT2D eigenvalue weighted by atomic mass is 16.5. The quantitative estimate of drug-likeness (QED) is 0.823. The summed E-state index contributed by atoms with van der Waals surface area (Å²) in [5.41, 5.74) is 0.467. The maximum atomic E-state index is 10.0. The fourth-order valence-electron chi connectivity index (χ4n) is 1.47. The van der Waals surface area contributed by atoms with Crippen LogP contribution in [0.2, 0.25) is 0 Å². The third-order valence-electron chi connectivity index (χ3n) is 2.48. The maximum absolute atomic E-state index is 10.0. The van der Waals surface area contributed by atoms with E-state index >= 15 is 0 Å². The first-order valence-electron chi connectivity index (χ1n) is 5.71. The summed E-state index contributed by atoms with van der Waals surface area (Å²) in [4.78, 5) is 8.23. The van der Waals surface area contributed by atoms with Crippen LogP contribution in [0.25, 0.3) is 0 Å². The number of aromatic nitrogens is 2. The average molecular weight is 240 g/mol. The van der Waals surface area contributed by atoms with E-state index in [4.69, 9.17) is 9.47 Å². The van der Waals surface area contributed by atoms with Crippen molar-refractivity contribution in [2.45, 2.75) is 32.8 Å². The van der Waals surface area contributed by atoms with Crippen LogP contribution in [0.3, 0.4) is 0 Å². The van der Waals surface area contributed by atoms with Crippen molar-refractivity contribution in [1.29, 1.82) is 0 Å². The molecule has 1 unspecified atom stereocenters. The van der Waals surface area contributed by atoms with Gasteiger partial charge in [0, 0.05) is 0 Å². The van der Waals surface area contributed by atoms with E-state index in [1.54, 1.807) is 0 Å². The lowest BCUT2D eigenvalue weighted by molar-refractivity contribution is 0.149. The van der Waals surface area contributed by atoms with Crippen LogP contribution < -0.4 is 9.47 Å². The first kappa shape index (κ1) is 13.7. The number of aliphatic hydroxyl groups is 1. The predicted molar refractivity (Wildman–Crippen MR) is 64.2 cm³/mol. The number of nitrogens with zero attached hydrogens (tertiary/aromatic N) is 2. The summed E-state index contributed by atoms with van der Waals surface area (Å²) in [6.07, 6.45) is 2.41. The Balaban J connectivity index is 2.81. The molecule has 1 N–H and O–H groups in total. The van der Waals surface area contributed by atoms with Gasteiger partial charge in [-0.3, -0.25) is 0 Å². The molecule has 0 aromatic carbocycles. The Morgan fingerprint density at radius 3 is 2.47 bits per heavy atom. The van der Waals surface area contributed by atoms with Crippen LogP contribution in [-0.4, -0.2) is 29.3 Å². The number of rotatable bonds is 6. The first-order chi connectivity index (χ1) is 8.08. The van der Waals surface area contributed by atoms with Gasteiger partial charge >= 0.3 is 0 Å². The van der Waals surface area contributed by atoms with E-state index in [1.165, 1.54) is 20.4 Å². The molecule has 0 fully saturated rings. The molecule has 0 aliphatic rings. The predicted octanol–water partition coefficient (Wildman–Crippen LogP) is 1.96. The molecule has 0 bridgehead atoms. The van der Waals surface area contributed by atoms with Gasteiger partial charge in [-0.25, -0.2) is 4.98 Å². The van der Waals surface area contributed by atoms with E-state index in [0.29, 0.717) is 29.8 Å². The summed E-state index contributed by atoms with van der Waals surface area (Å²) in [6.45, 7) is 4.23. The average Bonchev–Trinajstić information content (AvgIpc) is 2.34. The minimum Gasteiger partial charge on any atom is -0.480 e. The highest BCUT2D eigenvalue weighted by Crippen LogP contribution is 2.27. The summed E-state index contributed by atoms with van der Waals surface area (Å²) < 4.78 is 10.1. The van der Waals surface area contributed by atoms with Crippen molar-refractivity contribution in [3.05, 3.63) is 11.9 Å². The van der Waals surface area contributed by atoms with Crippen LogP contribution >= 0.6 is 0 Å². The van der Waals surface area contributed by atoms with E-state index in [1.807, 2.05) is 0 Å². The third-order valence-corrected chi connectivity index (χ3v) is 2.48. The molecule has 0 aliphatic carbocycles. The second-order valence-electron chi connectivity index (χ2n) is 4.29. The van der Waals surface area contributed by atoms with Crippen molar-refractivity contribution in [3.63, 3.8) is 0 Å². The molecular weight excluding hydrogens is 220 g/mol. The van der Waals surface area contributed by atoms with E-state index < -0.39 is 6.10 Å². The van der Waals surface area contributed by atoms with Crippen LogP contribution in [-0.2, 0) is 0 Å².